The number of non-ortho nitro benzene ring substituents is 2. The van der Waals surface area contributed by atoms with Crippen LogP contribution < -0.4 is 21.4 Å². The molecule has 0 fully saturated rings. The molecule has 1 aliphatic rings. The zero-order valence-corrected chi connectivity index (χ0v) is 61.3. The van der Waals surface area contributed by atoms with Crippen molar-refractivity contribution in [2.75, 3.05) is 34.0 Å². The Morgan fingerprint density at radius 2 is 0.952 bits per heavy atom. The van der Waals surface area contributed by atoms with Crippen LogP contribution in [0.3, 0.4) is 0 Å². The molecule has 25 nitrogen and oxygen atoms in total. The quantitative estimate of drug-likeness (QED) is 0.0109. The minimum absolute atomic E-state index is 0.0467. The van der Waals surface area contributed by atoms with Crippen molar-refractivity contribution in [3.8, 4) is 47.7 Å². The number of aliphatic hydroxyl groups is 1. The number of benzene rings is 7. The summed E-state index contributed by atoms with van der Waals surface area (Å²) in [5, 5.41) is 55.4. The number of hydroxylamine groups is 1. The lowest BCUT2D eigenvalue weighted by Crippen LogP contribution is -2.51. The van der Waals surface area contributed by atoms with Gasteiger partial charge in [0.25, 0.3) is 29.1 Å². The van der Waals surface area contributed by atoms with E-state index in [1.54, 1.807) is 74.5 Å². The lowest BCUT2D eigenvalue weighted by molar-refractivity contribution is -0.385. The van der Waals surface area contributed by atoms with Gasteiger partial charge in [-0.05, 0) is 192 Å². The predicted octanol–water partition coefficient (Wildman–Crippen LogP) is 11.0. The zero-order chi connectivity index (χ0) is 77.4. The second kappa shape index (κ2) is 41.8. The minimum Gasteiger partial charge on any atom is -0.478 e. The Morgan fingerprint density at radius 1 is 0.548 bits per heavy atom. The van der Waals surface area contributed by atoms with E-state index in [-0.39, 0.29) is 65.7 Å². The Hall–Kier alpha value is -11.0. The van der Waals surface area contributed by atoms with E-state index < -0.39 is 81.4 Å². The number of alkyl carbamates (subject to hydrolysis) is 1. The SMILES string of the molecule is C#Cc1ccc(C(=O)N[C@H](C(=O)COC)[C@@H](C)OC(C)(C)C)cc1.C#Cc1ccc(C(=O)O)cc1.COCC(=O)[C@@H](NC(=O)OCC1c2ccccc2-c2ccccc21)[C@@H](C)OC(C)(C)C.C[C@@H](O)[C@H](NC(=O)c1ccc(C#Cc2cccc([N+](=O)[O-])c2)cc1)C(=O)NO.O=[N+]([O-])c1cccc(I)c1. The Bertz CT molecular complexity index is 4210. The number of terminal acetylenes is 2. The van der Waals surface area contributed by atoms with E-state index in [0.29, 0.717) is 27.8 Å². The summed E-state index contributed by atoms with van der Waals surface area (Å²) in [6, 6.07) is 44.6. The number of carboxylic acid groups (broad SMARTS) is 1. The average molecular weight is 1540 g/mol. The van der Waals surface area contributed by atoms with Crippen LogP contribution in [-0.4, -0.2) is 148 Å². The molecule has 4 amide bonds. The summed E-state index contributed by atoms with van der Waals surface area (Å²) in [6.45, 7) is 16.1. The highest BCUT2D eigenvalue weighted by Gasteiger charge is 2.34. The maximum absolute atomic E-state index is 12.6. The maximum atomic E-state index is 12.6. The summed E-state index contributed by atoms with van der Waals surface area (Å²) < 4.78 is 28.0. The first-order chi connectivity index (χ1) is 49.1. The van der Waals surface area contributed by atoms with Crippen LogP contribution in [0.1, 0.15) is 133 Å². The fraction of sp³-hybridized carbons (Fsp3) is 0.295. The normalized spacial score (nSPS) is 12.7. The molecule has 6 atom stereocenters. The number of ketones is 2. The Morgan fingerprint density at radius 3 is 1.35 bits per heavy atom. The molecule has 0 heterocycles. The first-order valence-electron chi connectivity index (χ1n) is 32.0. The van der Waals surface area contributed by atoms with Gasteiger partial charge in [-0.2, -0.15) is 0 Å². The molecule has 7 aromatic rings. The minimum atomic E-state index is -1.31. The molecule has 546 valence electrons. The number of hydrogen-bond acceptors (Lipinski definition) is 18. The number of halogens is 1. The number of rotatable bonds is 22. The smallest absolute Gasteiger partial charge is 0.407 e. The van der Waals surface area contributed by atoms with Crippen molar-refractivity contribution >= 4 is 75.3 Å². The van der Waals surface area contributed by atoms with Gasteiger partial charge >= 0.3 is 12.1 Å². The van der Waals surface area contributed by atoms with Crippen LogP contribution in [0.4, 0.5) is 16.2 Å². The predicted molar refractivity (Wildman–Crippen MR) is 398 cm³/mol. The summed E-state index contributed by atoms with van der Waals surface area (Å²) in [6.07, 6.45) is 7.48. The number of nitrogens with one attached hydrogen (secondary N) is 4. The number of aromatic carboxylic acids is 1. The summed E-state index contributed by atoms with van der Waals surface area (Å²) in [5.41, 5.74) is 8.47. The van der Waals surface area contributed by atoms with Crippen molar-refractivity contribution in [1.82, 2.24) is 21.4 Å². The molecule has 1 aliphatic carbocycles. The van der Waals surface area contributed by atoms with Crippen LogP contribution >= 0.6 is 22.6 Å². The van der Waals surface area contributed by atoms with Gasteiger partial charge in [0.2, 0.25) is 0 Å². The van der Waals surface area contributed by atoms with Gasteiger partial charge in [-0.1, -0.05) is 84.3 Å². The molecule has 0 saturated heterocycles. The average Bonchev–Trinajstić information content (AvgIpc) is 1.62. The van der Waals surface area contributed by atoms with Gasteiger partial charge in [0, 0.05) is 81.4 Å². The van der Waals surface area contributed by atoms with E-state index in [1.807, 2.05) is 94.5 Å². The molecule has 7 aromatic carbocycles. The second-order valence-electron chi connectivity index (χ2n) is 24.9. The van der Waals surface area contributed by atoms with Gasteiger partial charge in [0.15, 0.2) is 11.6 Å². The highest BCUT2D eigenvalue weighted by molar-refractivity contribution is 14.1. The monoisotopic (exact) mass is 1530 g/mol. The number of carbonyl (C=O) groups excluding carboxylic acids is 6. The summed E-state index contributed by atoms with van der Waals surface area (Å²) in [4.78, 5) is 104. The molecule has 26 heteroatoms. The van der Waals surface area contributed by atoms with E-state index in [4.69, 9.17) is 46.8 Å². The van der Waals surface area contributed by atoms with Crippen LogP contribution in [-0.2, 0) is 38.1 Å². The van der Waals surface area contributed by atoms with Crippen LogP contribution in [0.25, 0.3) is 11.1 Å². The van der Waals surface area contributed by atoms with Crippen molar-refractivity contribution in [1.29, 1.82) is 0 Å². The molecule has 0 aromatic heterocycles. The van der Waals surface area contributed by atoms with Gasteiger partial charge < -0.3 is 49.8 Å². The zero-order valence-electron chi connectivity index (χ0n) is 59.1. The standard InChI is InChI=1S/C25H31NO5.C19H17N3O6.C19H25NO4.C9H6O2.C6H4INO2/c1-16(31-25(2,3)4)23(22(27)15-29-5)26-24(28)30-14-21-19-12-8-6-10-17(19)18-11-7-9-13-20(18)21;1-12(23)17(19(25)21-26)20-18(24)15-9-7-13(8-10-15)5-6-14-3-2-4-16(11-14)22(27)28;1-7-14-8-10-15(11-9-14)18(22)20-17(16(21)12-23-6)13(2)24-19(3,4)5;1-2-7-3-5-8(6-4-7)9(10)11;7-5-2-1-3-6(4-5)8(9)10/h6-13,16,21,23H,14-15H2,1-5H3,(H,26,28);2-4,7-12,17,23,26H,1H3,(H,20,24)(H,21,25);1,8-11,13,17H,12H2,2-6H3,(H,20,22);1,3-6H,(H,10,11);1-4H/t16-,23+;12-,17+;13-,17+;;/m111../s1. The van der Waals surface area contributed by atoms with Gasteiger partial charge in [-0.3, -0.25) is 49.4 Å². The van der Waals surface area contributed by atoms with Gasteiger partial charge in [-0.15, -0.1) is 12.8 Å². The molecule has 0 spiro atoms. The third-order valence-electron chi connectivity index (χ3n) is 14.5. The van der Waals surface area contributed by atoms with E-state index in [0.717, 1.165) is 25.8 Å². The lowest BCUT2D eigenvalue weighted by atomic mass is 9.98. The van der Waals surface area contributed by atoms with Gasteiger partial charge in [0.1, 0.15) is 37.9 Å². The Labute approximate surface area is 617 Å². The molecule has 0 bridgehead atoms. The molecule has 0 saturated carbocycles. The van der Waals surface area contributed by atoms with Crippen LogP contribution in [0.15, 0.2) is 170 Å². The fourth-order valence-corrected chi connectivity index (χ4v) is 10.4. The number of Topliss-reactive ketones (excluding diaryl/α,β-unsaturated/α-hetero) is 2. The topological polar surface area (TPSA) is 361 Å². The Kier molecular flexibility index (Phi) is 34.3. The maximum Gasteiger partial charge on any atom is 0.407 e. The van der Waals surface area contributed by atoms with Crippen LogP contribution in [0.5, 0.6) is 0 Å². The number of nitro groups is 2. The van der Waals surface area contributed by atoms with Crippen LogP contribution in [0.2, 0.25) is 0 Å². The third-order valence-corrected chi connectivity index (χ3v) is 15.2. The lowest BCUT2D eigenvalue weighted by Gasteiger charge is -2.30. The summed E-state index contributed by atoms with van der Waals surface area (Å²) >= 11 is 2.03. The molecule has 0 radical (unpaired) electrons. The summed E-state index contributed by atoms with van der Waals surface area (Å²) in [7, 11) is 2.88. The van der Waals surface area contributed by atoms with Gasteiger partial charge in [0.05, 0.1) is 44.9 Å². The molecule has 104 heavy (non-hydrogen) atoms. The number of aliphatic hydroxyl groups excluding tert-OH is 1. The first kappa shape index (κ1) is 85.4. The molecule has 7 N–H and O–H groups in total. The number of hydrogen-bond donors (Lipinski definition) is 7. The highest BCUT2D eigenvalue weighted by atomic mass is 127. The second-order valence-corrected chi connectivity index (χ2v) is 26.1. The van der Waals surface area contributed by atoms with E-state index in [2.05, 4.69) is 63.9 Å². The van der Waals surface area contributed by atoms with E-state index >= 15 is 0 Å². The van der Waals surface area contributed by atoms with E-state index in [9.17, 15) is 58.9 Å². The molecular weight excluding hydrogens is 1450 g/mol. The van der Waals surface area contributed by atoms with E-state index in [1.165, 1.54) is 81.2 Å². The first-order valence-corrected chi connectivity index (χ1v) is 33.1. The number of nitrogens with zero attached hydrogens (tertiary/aromatic N) is 2. The fourth-order valence-electron chi connectivity index (χ4n) is 9.89. The number of carboxylic acids is 1. The number of ether oxygens (including phenoxy) is 5. The largest absolute Gasteiger partial charge is 0.478 e. The summed E-state index contributed by atoms with van der Waals surface area (Å²) in [5.74, 6) is 7.11. The van der Waals surface area contributed by atoms with Crippen molar-refractivity contribution in [2.24, 2.45) is 0 Å². The van der Waals surface area contributed by atoms with Crippen molar-refractivity contribution in [2.45, 2.75) is 116 Å². The van der Waals surface area contributed by atoms with Crippen molar-refractivity contribution in [3.63, 3.8) is 0 Å². The number of nitro benzene ring substituents is 2. The number of methoxy groups -OCH3 is 2. The molecule has 8 rings (SSSR count). The third kappa shape index (κ3) is 28.4. The van der Waals surface area contributed by atoms with Crippen molar-refractivity contribution < 1.29 is 82.5 Å². The number of carbonyl (C=O) groups is 7. The van der Waals surface area contributed by atoms with Crippen LogP contribution in [0, 0.1) is 60.3 Å². The number of fused-ring (bicyclic) bond motifs is 3. The molecule has 0 aliphatic heterocycles. The molecular formula is C78H83IN6O19. The van der Waals surface area contributed by atoms with Gasteiger partial charge in [-0.25, -0.2) is 15.1 Å². The van der Waals surface area contributed by atoms with Crippen molar-refractivity contribution in [3.05, 3.63) is 244 Å². The Balaban J connectivity index is 0.000000291. The molecule has 0 unspecified atom stereocenters. The number of amides is 4. The highest BCUT2D eigenvalue weighted by Crippen LogP contribution is 2.44.